The Labute approximate surface area is 106 Å². The standard InChI is InChI=1S/C11H11BrFNO3/c1-6(11(16)17-2)14-10(15)8-5-7(12)3-4-9(8)13/h3-6H,1-2H3,(H,14,15). The Kier molecular flexibility index (Phi) is 4.62. The molecule has 17 heavy (non-hydrogen) atoms. The third kappa shape index (κ3) is 3.52. The van der Waals surface area contributed by atoms with Crippen LogP contribution in [0.2, 0.25) is 0 Å². The van der Waals surface area contributed by atoms with Gasteiger partial charge in [0.1, 0.15) is 11.9 Å². The molecule has 0 fully saturated rings. The molecule has 1 rings (SSSR count). The summed E-state index contributed by atoms with van der Waals surface area (Å²) in [7, 11) is 1.21. The Morgan fingerprint density at radius 2 is 2.12 bits per heavy atom. The van der Waals surface area contributed by atoms with Crippen LogP contribution >= 0.6 is 15.9 Å². The molecule has 4 nitrogen and oxygen atoms in total. The van der Waals surface area contributed by atoms with Crippen molar-refractivity contribution in [3.63, 3.8) is 0 Å². The highest BCUT2D eigenvalue weighted by Crippen LogP contribution is 2.15. The number of benzene rings is 1. The number of carbonyl (C=O) groups is 2. The molecule has 1 N–H and O–H groups in total. The van der Waals surface area contributed by atoms with E-state index in [1.165, 1.54) is 32.2 Å². The quantitative estimate of drug-likeness (QED) is 0.868. The van der Waals surface area contributed by atoms with Gasteiger partial charge in [0.25, 0.3) is 5.91 Å². The fourth-order valence-corrected chi connectivity index (χ4v) is 1.54. The van der Waals surface area contributed by atoms with Crippen LogP contribution in [0.4, 0.5) is 4.39 Å². The van der Waals surface area contributed by atoms with Gasteiger partial charge in [-0.2, -0.15) is 0 Å². The maximum absolute atomic E-state index is 13.4. The van der Waals surface area contributed by atoms with Crippen LogP contribution in [-0.4, -0.2) is 25.0 Å². The van der Waals surface area contributed by atoms with Crippen molar-refractivity contribution in [2.45, 2.75) is 13.0 Å². The molecule has 0 bridgehead atoms. The molecular weight excluding hydrogens is 293 g/mol. The third-order valence-corrected chi connectivity index (χ3v) is 2.57. The summed E-state index contributed by atoms with van der Waals surface area (Å²) < 4.78 is 18.4. The largest absolute Gasteiger partial charge is 0.467 e. The van der Waals surface area contributed by atoms with Gasteiger partial charge in [0.15, 0.2) is 0 Å². The minimum Gasteiger partial charge on any atom is -0.467 e. The van der Waals surface area contributed by atoms with Crippen molar-refractivity contribution in [3.05, 3.63) is 34.1 Å². The van der Waals surface area contributed by atoms with Crippen LogP contribution in [-0.2, 0) is 9.53 Å². The number of nitrogens with one attached hydrogen (secondary N) is 1. The van der Waals surface area contributed by atoms with Gasteiger partial charge in [-0.25, -0.2) is 9.18 Å². The predicted octanol–water partition coefficient (Wildman–Crippen LogP) is 1.88. The van der Waals surface area contributed by atoms with E-state index < -0.39 is 23.7 Å². The van der Waals surface area contributed by atoms with E-state index in [0.717, 1.165) is 0 Å². The molecule has 1 amide bonds. The first-order valence-corrected chi connectivity index (χ1v) is 5.58. The molecule has 6 heteroatoms. The molecule has 0 aliphatic heterocycles. The first-order chi connectivity index (χ1) is 7.95. The highest BCUT2D eigenvalue weighted by molar-refractivity contribution is 9.10. The second-order valence-electron chi connectivity index (χ2n) is 3.34. The normalized spacial score (nSPS) is 11.8. The molecule has 0 saturated carbocycles. The van der Waals surface area contributed by atoms with Gasteiger partial charge in [0.2, 0.25) is 0 Å². The molecular formula is C11H11BrFNO3. The third-order valence-electron chi connectivity index (χ3n) is 2.08. The molecule has 0 saturated heterocycles. The topological polar surface area (TPSA) is 55.4 Å². The second-order valence-corrected chi connectivity index (χ2v) is 4.26. The first kappa shape index (κ1) is 13.6. The average molecular weight is 304 g/mol. The lowest BCUT2D eigenvalue weighted by Gasteiger charge is -2.11. The van der Waals surface area contributed by atoms with E-state index in [4.69, 9.17) is 0 Å². The Morgan fingerprint density at radius 1 is 1.47 bits per heavy atom. The molecule has 1 aromatic carbocycles. The SMILES string of the molecule is COC(=O)C(C)NC(=O)c1cc(Br)ccc1F. The van der Waals surface area contributed by atoms with Crippen LogP contribution in [0.5, 0.6) is 0 Å². The summed E-state index contributed by atoms with van der Waals surface area (Å²) >= 11 is 3.14. The number of esters is 1. The molecule has 0 aromatic heterocycles. The molecule has 1 atom stereocenters. The fraction of sp³-hybridized carbons (Fsp3) is 0.273. The van der Waals surface area contributed by atoms with Gasteiger partial charge in [-0.3, -0.25) is 4.79 Å². The van der Waals surface area contributed by atoms with Crippen molar-refractivity contribution in [1.82, 2.24) is 5.32 Å². The molecule has 1 aromatic rings. The van der Waals surface area contributed by atoms with E-state index in [0.29, 0.717) is 4.47 Å². The first-order valence-electron chi connectivity index (χ1n) is 4.79. The van der Waals surface area contributed by atoms with Crippen LogP contribution in [0.15, 0.2) is 22.7 Å². The van der Waals surface area contributed by atoms with Crippen LogP contribution in [0.25, 0.3) is 0 Å². The number of carbonyl (C=O) groups excluding carboxylic acids is 2. The summed E-state index contributed by atoms with van der Waals surface area (Å²) in [5.74, 6) is -1.90. The zero-order valence-electron chi connectivity index (χ0n) is 9.29. The smallest absolute Gasteiger partial charge is 0.328 e. The highest BCUT2D eigenvalue weighted by Gasteiger charge is 2.19. The maximum atomic E-state index is 13.4. The number of rotatable bonds is 3. The van der Waals surface area contributed by atoms with Crippen molar-refractivity contribution < 1.29 is 18.7 Å². The van der Waals surface area contributed by atoms with Crippen LogP contribution in [0.3, 0.4) is 0 Å². The Bertz CT molecular complexity index is 450. The van der Waals surface area contributed by atoms with Crippen molar-refractivity contribution in [2.75, 3.05) is 7.11 Å². The summed E-state index contributed by atoms with van der Waals surface area (Å²) in [6.45, 7) is 1.46. The number of methoxy groups -OCH3 is 1. The van der Waals surface area contributed by atoms with Crippen LogP contribution in [0, 0.1) is 5.82 Å². The molecule has 0 radical (unpaired) electrons. The number of amides is 1. The summed E-state index contributed by atoms with van der Waals surface area (Å²) in [6, 6.07) is 3.16. The zero-order chi connectivity index (χ0) is 13.0. The van der Waals surface area contributed by atoms with Gasteiger partial charge >= 0.3 is 5.97 Å². The van der Waals surface area contributed by atoms with E-state index in [1.807, 2.05) is 0 Å². The number of hydrogen-bond acceptors (Lipinski definition) is 3. The lowest BCUT2D eigenvalue weighted by Crippen LogP contribution is -2.39. The molecule has 0 spiro atoms. The highest BCUT2D eigenvalue weighted by atomic mass is 79.9. The summed E-state index contributed by atoms with van der Waals surface area (Å²) in [6.07, 6.45) is 0. The lowest BCUT2D eigenvalue weighted by molar-refractivity contribution is -0.142. The lowest BCUT2D eigenvalue weighted by atomic mass is 10.2. The minimum absolute atomic E-state index is 0.130. The molecule has 92 valence electrons. The molecule has 0 aliphatic carbocycles. The monoisotopic (exact) mass is 303 g/mol. The fourth-order valence-electron chi connectivity index (χ4n) is 1.18. The minimum atomic E-state index is -0.828. The summed E-state index contributed by atoms with van der Waals surface area (Å²) in [5.41, 5.74) is -0.130. The molecule has 1 unspecified atom stereocenters. The van der Waals surface area contributed by atoms with Crippen molar-refractivity contribution in [1.29, 1.82) is 0 Å². The second kappa shape index (κ2) is 5.77. The summed E-state index contributed by atoms with van der Waals surface area (Å²) in [5, 5.41) is 2.34. The number of ether oxygens (including phenoxy) is 1. The van der Waals surface area contributed by atoms with E-state index >= 15 is 0 Å². The number of halogens is 2. The van der Waals surface area contributed by atoms with Crippen molar-refractivity contribution in [2.24, 2.45) is 0 Å². The maximum Gasteiger partial charge on any atom is 0.328 e. The summed E-state index contributed by atoms with van der Waals surface area (Å²) in [4.78, 5) is 22.8. The van der Waals surface area contributed by atoms with Crippen molar-refractivity contribution >= 4 is 27.8 Å². The van der Waals surface area contributed by atoms with Gasteiger partial charge in [-0.1, -0.05) is 15.9 Å². The predicted molar refractivity (Wildman–Crippen MR) is 63.0 cm³/mol. The molecule has 0 aliphatic rings. The van der Waals surface area contributed by atoms with Crippen molar-refractivity contribution in [3.8, 4) is 0 Å². The average Bonchev–Trinajstić information content (AvgIpc) is 2.30. The number of hydrogen-bond donors (Lipinski definition) is 1. The van der Waals surface area contributed by atoms with E-state index in [9.17, 15) is 14.0 Å². The van der Waals surface area contributed by atoms with Gasteiger partial charge < -0.3 is 10.1 Å². The Hall–Kier alpha value is -1.43. The van der Waals surface area contributed by atoms with Gasteiger partial charge in [-0.05, 0) is 25.1 Å². The Morgan fingerprint density at radius 3 is 2.71 bits per heavy atom. The van der Waals surface area contributed by atoms with Crippen LogP contribution in [0.1, 0.15) is 17.3 Å². The van der Waals surface area contributed by atoms with Gasteiger partial charge in [0.05, 0.1) is 12.7 Å². The van der Waals surface area contributed by atoms with E-state index in [1.54, 1.807) is 0 Å². The zero-order valence-corrected chi connectivity index (χ0v) is 10.9. The van der Waals surface area contributed by atoms with E-state index in [-0.39, 0.29) is 5.56 Å². The van der Waals surface area contributed by atoms with E-state index in [2.05, 4.69) is 26.0 Å². The van der Waals surface area contributed by atoms with Crippen LogP contribution < -0.4 is 5.32 Å². The Balaban J connectivity index is 2.83. The van der Waals surface area contributed by atoms with Gasteiger partial charge in [-0.15, -0.1) is 0 Å². The van der Waals surface area contributed by atoms with Gasteiger partial charge in [0, 0.05) is 4.47 Å². The molecule has 0 heterocycles.